The Kier molecular flexibility index (Phi) is 4.13. The Morgan fingerprint density at radius 2 is 1.93 bits per heavy atom. The molecule has 5 nitrogen and oxygen atoms in total. The van der Waals surface area contributed by atoms with Gasteiger partial charge in [0.05, 0.1) is 16.9 Å². The van der Waals surface area contributed by atoms with Crippen LogP contribution in [0.5, 0.6) is 5.75 Å². The Balaban J connectivity index is 1.81. The normalized spacial score (nSPS) is 14.6. The van der Waals surface area contributed by atoms with Crippen LogP contribution in [0.2, 0.25) is 0 Å². The molecule has 0 atom stereocenters. The molecule has 0 aliphatic heterocycles. The fourth-order valence-corrected chi connectivity index (χ4v) is 3.22. The molecule has 2 heterocycles. The molecule has 0 amide bonds. The lowest BCUT2D eigenvalue weighted by Crippen LogP contribution is -2.19. The third-order valence-electron chi connectivity index (χ3n) is 4.68. The monoisotopic (exact) mass is 376 g/mol. The highest BCUT2D eigenvalue weighted by Gasteiger charge is 2.29. The molecule has 1 aliphatic rings. The van der Waals surface area contributed by atoms with Gasteiger partial charge in [-0.05, 0) is 43.0 Å². The molecule has 1 aromatic carbocycles. The summed E-state index contributed by atoms with van der Waals surface area (Å²) >= 11 is 0. The number of nitrogen functional groups attached to an aromatic ring is 2. The average molecular weight is 376 g/mol. The van der Waals surface area contributed by atoms with Gasteiger partial charge in [-0.2, -0.15) is 13.2 Å². The van der Waals surface area contributed by atoms with E-state index in [2.05, 4.69) is 9.55 Å². The number of aromatic nitrogens is 2. The van der Waals surface area contributed by atoms with E-state index in [4.69, 9.17) is 16.2 Å². The van der Waals surface area contributed by atoms with Crippen LogP contribution in [0.1, 0.15) is 12.8 Å². The van der Waals surface area contributed by atoms with Crippen LogP contribution in [0.25, 0.3) is 22.2 Å². The smallest absolute Gasteiger partial charge is 0.422 e. The third kappa shape index (κ3) is 3.65. The van der Waals surface area contributed by atoms with Crippen LogP contribution >= 0.6 is 0 Å². The van der Waals surface area contributed by atoms with Crippen molar-refractivity contribution >= 4 is 22.4 Å². The molecule has 2 aromatic heterocycles. The van der Waals surface area contributed by atoms with E-state index >= 15 is 0 Å². The number of pyridine rings is 1. The third-order valence-corrected chi connectivity index (χ3v) is 4.68. The highest BCUT2D eigenvalue weighted by molar-refractivity contribution is 6.01. The zero-order valence-electron chi connectivity index (χ0n) is 14.5. The summed E-state index contributed by atoms with van der Waals surface area (Å²) in [6, 6.07) is 8.38. The number of halogens is 3. The lowest BCUT2D eigenvalue weighted by molar-refractivity contribution is -0.153. The molecule has 1 aliphatic carbocycles. The van der Waals surface area contributed by atoms with Crippen LogP contribution in [0.4, 0.5) is 24.7 Å². The first kappa shape index (κ1) is 17.5. The zero-order chi connectivity index (χ0) is 19.2. The second-order valence-corrected chi connectivity index (χ2v) is 6.87. The number of ether oxygens (including phenoxy) is 1. The van der Waals surface area contributed by atoms with E-state index in [0.29, 0.717) is 17.4 Å². The van der Waals surface area contributed by atoms with Gasteiger partial charge in [0.15, 0.2) is 6.61 Å². The predicted octanol–water partition coefficient (Wildman–Crippen LogP) is 4.22. The van der Waals surface area contributed by atoms with E-state index in [1.54, 1.807) is 24.4 Å². The Bertz CT molecular complexity index is 975. The highest BCUT2D eigenvalue weighted by atomic mass is 19.4. The zero-order valence-corrected chi connectivity index (χ0v) is 14.5. The van der Waals surface area contributed by atoms with Gasteiger partial charge in [0, 0.05) is 29.8 Å². The fraction of sp³-hybridized carbons (Fsp3) is 0.316. The summed E-state index contributed by atoms with van der Waals surface area (Å²) in [5.41, 5.74) is 15.0. The summed E-state index contributed by atoms with van der Waals surface area (Å²) in [7, 11) is 0. The quantitative estimate of drug-likeness (QED) is 0.699. The summed E-state index contributed by atoms with van der Waals surface area (Å²) in [5.74, 6) is 1.11. The SMILES string of the molecule is Nc1ccc(-c2c(N)c3ccc(OCC(F)(F)F)cc3n2CC2CC2)cn1. The van der Waals surface area contributed by atoms with Gasteiger partial charge in [-0.15, -0.1) is 0 Å². The fourth-order valence-electron chi connectivity index (χ4n) is 3.22. The van der Waals surface area contributed by atoms with Crippen LogP contribution in [0.3, 0.4) is 0 Å². The van der Waals surface area contributed by atoms with Crippen molar-refractivity contribution in [3.8, 4) is 17.0 Å². The Hall–Kier alpha value is -2.90. The minimum absolute atomic E-state index is 0.163. The minimum atomic E-state index is -4.38. The molecule has 0 spiro atoms. The minimum Gasteiger partial charge on any atom is -0.484 e. The van der Waals surface area contributed by atoms with E-state index in [1.165, 1.54) is 6.07 Å². The van der Waals surface area contributed by atoms with Crippen molar-refractivity contribution in [1.82, 2.24) is 9.55 Å². The maximum absolute atomic E-state index is 12.5. The summed E-state index contributed by atoms with van der Waals surface area (Å²) in [6.07, 6.45) is -0.471. The summed E-state index contributed by atoms with van der Waals surface area (Å²) in [6.45, 7) is -0.581. The standard InChI is InChI=1S/C19H19F3N4O/c20-19(21,22)10-27-13-4-5-14-15(7-13)26(9-11-1-2-11)18(17(14)24)12-3-6-16(23)25-8-12/h3-8,11H,1-2,9-10,24H2,(H2,23,25). The van der Waals surface area contributed by atoms with Gasteiger partial charge < -0.3 is 20.8 Å². The summed E-state index contributed by atoms with van der Waals surface area (Å²) < 4.78 is 44.4. The lowest BCUT2D eigenvalue weighted by atomic mass is 10.1. The van der Waals surface area contributed by atoms with Gasteiger partial charge in [-0.3, -0.25) is 0 Å². The van der Waals surface area contributed by atoms with Gasteiger partial charge in [0.25, 0.3) is 0 Å². The van der Waals surface area contributed by atoms with Crippen molar-refractivity contribution in [2.24, 2.45) is 5.92 Å². The number of benzene rings is 1. The summed E-state index contributed by atoms with van der Waals surface area (Å²) in [4.78, 5) is 4.14. The Labute approximate surface area is 153 Å². The van der Waals surface area contributed by atoms with E-state index in [0.717, 1.165) is 41.5 Å². The topological polar surface area (TPSA) is 79.1 Å². The maximum atomic E-state index is 12.5. The van der Waals surface area contributed by atoms with E-state index in [9.17, 15) is 13.2 Å². The molecule has 8 heteroatoms. The number of hydrogen-bond donors (Lipinski definition) is 2. The van der Waals surface area contributed by atoms with Crippen LogP contribution < -0.4 is 16.2 Å². The van der Waals surface area contributed by atoms with Crippen molar-refractivity contribution in [1.29, 1.82) is 0 Å². The van der Waals surface area contributed by atoms with Gasteiger partial charge in [-0.1, -0.05) is 0 Å². The first-order chi connectivity index (χ1) is 12.8. The number of fused-ring (bicyclic) bond motifs is 1. The molecule has 142 valence electrons. The van der Waals surface area contributed by atoms with Gasteiger partial charge in [0.2, 0.25) is 0 Å². The second kappa shape index (κ2) is 6.37. The molecule has 0 bridgehead atoms. The van der Waals surface area contributed by atoms with Crippen LogP contribution in [-0.4, -0.2) is 22.3 Å². The van der Waals surface area contributed by atoms with Gasteiger partial charge >= 0.3 is 6.18 Å². The molecule has 3 aromatic rings. The number of alkyl halides is 3. The van der Waals surface area contributed by atoms with Crippen molar-refractivity contribution in [3.05, 3.63) is 36.5 Å². The number of hydrogen-bond acceptors (Lipinski definition) is 4. The maximum Gasteiger partial charge on any atom is 0.422 e. The molecule has 4 N–H and O–H groups in total. The Morgan fingerprint density at radius 1 is 1.15 bits per heavy atom. The molecule has 0 unspecified atom stereocenters. The number of nitrogens with zero attached hydrogens (tertiary/aromatic N) is 2. The van der Waals surface area contributed by atoms with Crippen molar-refractivity contribution in [2.45, 2.75) is 25.6 Å². The second-order valence-electron chi connectivity index (χ2n) is 6.87. The van der Waals surface area contributed by atoms with Crippen molar-refractivity contribution < 1.29 is 17.9 Å². The number of rotatable bonds is 5. The molecular weight excluding hydrogens is 357 g/mol. The van der Waals surface area contributed by atoms with E-state index < -0.39 is 12.8 Å². The molecule has 0 saturated heterocycles. The highest BCUT2D eigenvalue weighted by Crippen LogP contribution is 2.41. The molecule has 0 radical (unpaired) electrons. The summed E-state index contributed by atoms with van der Waals surface area (Å²) in [5, 5.41) is 0.779. The first-order valence-corrected chi connectivity index (χ1v) is 8.65. The molecular formula is C19H19F3N4O. The molecule has 27 heavy (non-hydrogen) atoms. The average Bonchev–Trinajstić information content (AvgIpc) is 3.39. The van der Waals surface area contributed by atoms with Gasteiger partial charge in [-0.25, -0.2) is 4.98 Å². The van der Waals surface area contributed by atoms with Crippen LogP contribution in [-0.2, 0) is 6.54 Å². The van der Waals surface area contributed by atoms with E-state index in [1.807, 2.05) is 6.07 Å². The van der Waals surface area contributed by atoms with Crippen molar-refractivity contribution in [3.63, 3.8) is 0 Å². The predicted molar refractivity (Wildman–Crippen MR) is 98.3 cm³/mol. The van der Waals surface area contributed by atoms with E-state index in [-0.39, 0.29) is 5.75 Å². The molecule has 1 saturated carbocycles. The van der Waals surface area contributed by atoms with Crippen LogP contribution in [0.15, 0.2) is 36.5 Å². The number of anilines is 2. The first-order valence-electron chi connectivity index (χ1n) is 8.65. The lowest BCUT2D eigenvalue weighted by Gasteiger charge is -2.12. The largest absolute Gasteiger partial charge is 0.484 e. The molecule has 4 rings (SSSR count). The molecule has 1 fully saturated rings. The van der Waals surface area contributed by atoms with Crippen molar-refractivity contribution in [2.75, 3.05) is 18.1 Å². The Morgan fingerprint density at radius 3 is 2.56 bits per heavy atom. The van der Waals surface area contributed by atoms with Gasteiger partial charge in [0.1, 0.15) is 11.6 Å². The van der Waals surface area contributed by atoms with Crippen LogP contribution in [0, 0.1) is 5.92 Å². The number of nitrogens with two attached hydrogens (primary N) is 2.